The Morgan fingerprint density at radius 1 is 1.20 bits per heavy atom. The first-order valence-electron chi connectivity index (χ1n) is 6.31. The van der Waals surface area contributed by atoms with E-state index in [0.29, 0.717) is 17.8 Å². The molecule has 0 spiro atoms. The first-order chi connectivity index (χ1) is 9.60. The standard InChI is InChI=1S/C16H14BrFN2/c1-3-20(13-7-5-4-6-11(13)2)14-9-8-12(10-19)15(17)16(14)18/h4-9H,3H2,1-2H3. The van der Waals surface area contributed by atoms with Crippen LogP contribution in [0, 0.1) is 24.1 Å². The van der Waals surface area contributed by atoms with Crippen LogP contribution in [-0.4, -0.2) is 6.54 Å². The molecule has 2 aromatic rings. The molecule has 0 aliphatic rings. The number of hydrogen-bond acceptors (Lipinski definition) is 2. The van der Waals surface area contributed by atoms with Gasteiger partial charge in [-0.2, -0.15) is 5.26 Å². The molecule has 0 aliphatic heterocycles. The maximum absolute atomic E-state index is 14.5. The second-order valence-corrected chi connectivity index (χ2v) is 5.20. The van der Waals surface area contributed by atoms with Gasteiger partial charge in [-0.1, -0.05) is 18.2 Å². The number of para-hydroxylation sites is 1. The highest BCUT2D eigenvalue weighted by molar-refractivity contribution is 9.10. The summed E-state index contributed by atoms with van der Waals surface area (Å²) in [7, 11) is 0. The molecular weight excluding hydrogens is 319 g/mol. The third-order valence-electron chi connectivity index (χ3n) is 3.20. The summed E-state index contributed by atoms with van der Waals surface area (Å²) in [6.07, 6.45) is 0. The summed E-state index contributed by atoms with van der Waals surface area (Å²) in [5.41, 5.74) is 2.81. The fourth-order valence-electron chi connectivity index (χ4n) is 2.17. The van der Waals surface area contributed by atoms with Gasteiger partial charge < -0.3 is 4.90 Å². The molecule has 0 heterocycles. The molecule has 0 bridgehead atoms. The lowest BCUT2D eigenvalue weighted by Gasteiger charge is -2.26. The van der Waals surface area contributed by atoms with Crippen LogP contribution in [0.15, 0.2) is 40.9 Å². The SMILES string of the molecule is CCN(c1ccccc1C)c1ccc(C#N)c(Br)c1F. The summed E-state index contributed by atoms with van der Waals surface area (Å²) >= 11 is 3.16. The first-order valence-corrected chi connectivity index (χ1v) is 7.10. The minimum Gasteiger partial charge on any atom is -0.339 e. The molecule has 2 aromatic carbocycles. The molecule has 0 aliphatic carbocycles. The summed E-state index contributed by atoms with van der Waals surface area (Å²) < 4.78 is 14.7. The fourth-order valence-corrected chi connectivity index (χ4v) is 2.59. The Morgan fingerprint density at radius 2 is 1.90 bits per heavy atom. The molecule has 0 unspecified atom stereocenters. The number of anilines is 2. The minimum atomic E-state index is -0.408. The lowest BCUT2D eigenvalue weighted by molar-refractivity contribution is 0.618. The number of rotatable bonds is 3. The van der Waals surface area contributed by atoms with Gasteiger partial charge in [-0.15, -0.1) is 0 Å². The largest absolute Gasteiger partial charge is 0.339 e. The van der Waals surface area contributed by atoms with Crippen LogP contribution in [0.5, 0.6) is 0 Å². The van der Waals surface area contributed by atoms with Crippen molar-refractivity contribution in [2.45, 2.75) is 13.8 Å². The van der Waals surface area contributed by atoms with Gasteiger partial charge in [0.15, 0.2) is 5.82 Å². The van der Waals surface area contributed by atoms with E-state index in [2.05, 4.69) is 15.9 Å². The average Bonchev–Trinajstić information content (AvgIpc) is 2.46. The molecule has 102 valence electrons. The van der Waals surface area contributed by atoms with Crippen molar-refractivity contribution in [1.29, 1.82) is 5.26 Å². The van der Waals surface area contributed by atoms with Crippen molar-refractivity contribution in [3.05, 3.63) is 57.8 Å². The molecule has 2 nitrogen and oxygen atoms in total. The van der Waals surface area contributed by atoms with Gasteiger partial charge in [0.25, 0.3) is 0 Å². The van der Waals surface area contributed by atoms with Crippen LogP contribution >= 0.6 is 15.9 Å². The molecular formula is C16H14BrFN2. The second-order valence-electron chi connectivity index (χ2n) is 4.40. The van der Waals surface area contributed by atoms with E-state index < -0.39 is 5.82 Å². The number of aryl methyl sites for hydroxylation is 1. The van der Waals surface area contributed by atoms with E-state index in [1.165, 1.54) is 0 Å². The van der Waals surface area contributed by atoms with Crippen LogP contribution in [-0.2, 0) is 0 Å². The van der Waals surface area contributed by atoms with E-state index in [0.717, 1.165) is 11.3 Å². The molecule has 20 heavy (non-hydrogen) atoms. The Hall–Kier alpha value is -1.86. The molecule has 4 heteroatoms. The van der Waals surface area contributed by atoms with Crippen molar-refractivity contribution >= 4 is 27.3 Å². The van der Waals surface area contributed by atoms with Gasteiger partial charge in [0.1, 0.15) is 6.07 Å². The Morgan fingerprint density at radius 3 is 2.50 bits per heavy atom. The van der Waals surface area contributed by atoms with Gasteiger partial charge >= 0.3 is 0 Å². The molecule has 0 fully saturated rings. The van der Waals surface area contributed by atoms with Crippen molar-refractivity contribution in [3.63, 3.8) is 0 Å². The summed E-state index contributed by atoms with van der Waals surface area (Å²) in [6.45, 7) is 4.60. The zero-order valence-corrected chi connectivity index (χ0v) is 12.9. The van der Waals surface area contributed by atoms with Crippen LogP contribution in [0.2, 0.25) is 0 Å². The second kappa shape index (κ2) is 6.06. The summed E-state index contributed by atoms with van der Waals surface area (Å²) in [4.78, 5) is 1.90. The Kier molecular flexibility index (Phi) is 4.41. The maximum atomic E-state index is 14.5. The van der Waals surface area contributed by atoms with Gasteiger partial charge in [0.2, 0.25) is 0 Å². The predicted octanol–water partition coefficient (Wildman–Crippen LogP) is 4.93. The number of halogens is 2. The highest BCUT2D eigenvalue weighted by Crippen LogP contribution is 2.34. The van der Waals surface area contributed by atoms with E-state index in [4.69, 9.17) is 5.26 Å². The lowest BCUT2D eigenvalue weighted by atomic mass is 10.1. The fraction of sp³-hybridized carbons (Fsp3) is 0.188. The van der Waals surface area contributed by atoms with Crippen LogP contribution < -0.4 is 4.90 Å². The molecule has 0 aromatic heterocycles. The van der Waals surface area contributed by atoms with Crippen LogP contribution in [0.25, 0.3) is 0 Å². The van der Waals surface area contributed by atoms with E-state index in [9.17, 15) is 4.39 Å². The number of hydrogen-bond donors (Lipinski definition) is 0. The van der Waals surface area contributed by atoms with Gasteiger partial charge in [-0.3, -0.25) is 0 Å². The molecule has 0 saturated heterocycles. The quantitative estimate of drug-likeness (QED) is 0.797. The molecule has 0 amide bonds. The molecule has 2 rings (SSSR count). The average molecular weight is 333 g/mol. The summed E-state index contributed by atoms with van der Waals surface area (Å²) in [6, 6.07) is 13.1. The smallest absolute Gasteiger partial charge is 0.162 e. The minimum absolute atomic E-state index is 0.213. The van der Waals surface area contributed by atoms with Crippen molar-refractivity contribution in [3.8, 4) is 6.07 Å². The van der Waals surface area contributed by atoms with E-state index in [-0.39, 0.29) is 4.47 Å². The highest BCUT2D eigenvalue weighted by atomic mass is 79.9. The molecule has 0 N–H and O–H groups in total. The summed E-state index contributed by atoms with van der Waals surface area (Å²) in [5, 5.41) is 8.93. The lowest BCUT2D eigenvalue weighted by Crippen LogP contribution is -2.18. The molecule has 0 saturated carbocycles. The Bertz CT molecular complexity index is 677. The predicted molar refractivity (Wildman–Crippen MR) is 82.7 cm³/mol. The van der Waals surface area contributed by atoms with Crippen molar-refractivity contribution < 1.29 is 4.39 Å². The van der Waals surface area contributed by atoms with Crippen LogP contribution in [0.3, 0.4) is 0 Å². The van der Waals surface area contributed by atoms with E-state index in [1.807, 2.05) is 49.1 Å². The normalized spacial score (nSPS) is 10.2. The Balaban J connectivity index is 2.57. The highest BCUT2D eigenvalue weighted by Gasteiger charge is 2.17. The Labute approximate surface area is 126 Å². The van der Waals surface area contributed by atoms with Crippen LogP contribution in [0.1, 0.15) is 18.1 Å². The number of nitriles is 1. The van der Waals surface area contributed by atoms with Crippen LogP contribution in [0.4, 0.5) is 15.8 Å². The zero-order valence-electron chi connectivity index (χ0n) is 11.3. The van der Waals surface area contributed by atoms with Gasteiger partial charge in [-0.05, 0) is 53.5 Å². The third-order valence-corrected chi connectivity index (χ3v) is 3.97. The number of benzene rings is 2. The van der Waals surface area contributed by atoms with E-state index >= 15 is 0 Å². The molecule has 0 radical (unpaired) electrons. The van der Waals surface area contributed by atoms with Gasteiger partial charge in [0, 0.05) is 12.2 Å². The van der Waals surface area contributed by atoms with Crippen molar-refractivity contribution in [1.82, 2.24) is 0 Å². The van der Waals surface area contributed by atoms with Crippen molar-refractivity contribution in [2.24, 2.45) is 0 Å². The zero-order chi connectivity index (χ0) is 14.7. The van der Waals surface area contributed by atoms with Gasteiger partial charge in [-0.25, -0.2) is 4.39 Å². The van der Waals surface area contributed by atoms with Crippen molar-refractivity contribution in [2.75, 3.05) is 11.4 Å². The molecule has 0 atom stereocenters. The van der Waals surface area contributed by atoms with E-state index in [1.54, 1.807) is 12.1 Å². The maximum Gasteiger partial charge on any atom is 0.162 e. The summed E-state index contributed by atoms with van der Waals surface area (Å²) in [5.74, 6) is -0.408. The topological polar surface area (TPSA) is 27.0 Å². The third kappa shape index (κ3) is 2.54. The van der Waals surface area contributed by atoms with Gasteiger partial charge in [0.05, 0.1) is 15.7 Å². The first kappa shape index (κ1) is 14.5. The number of nitrogens with zero attached hydrogens (tertiary/aromatic N) is 2. The monoisotopic (exact) mass is 332 g/mol.